The van der Waals surface area contributed by atoms with Gasteiger partial charge in [0.05, 0.1) is 12.2 Å². The normalized spacial score (nSPS) is 17.8. The van der Waals surface area contributed by atoms with Gasteiger partial charge >= 0.3 is 0 Å². The summed E-state index contributed by atoms with van der Waals surface area (Å²) < 4.78 is 2.26. The van der Waals surface area contributed by atoms with Crippen LogP contribution in [0.1, 0.15) is 43.4 Å². The van der Waals surface area contributed by atoms with Crippen molar-refractivity contribution in [1.82, 2.24) is 24.4 Å². The number of aryl methyl sites for hydroxylation is 1. The van der Waals surface area contributed by atoms with Crippen LogP contribution in [0.3, 0.4) is 0 Å². The Morgan fingerprint density at radius 1 is 1.12 bits per heavy atom. The van der Waals surface area contributed by atoms with Crippen molar-refractivity contribution in [2.75, 3.05) is 43.4 Å². The van der Waals surface area contributed by atoms with Gasteiger partial charge in [0.25, 0.3) is 0 Å². The van der Waals surface area contributed by atoms with Gasteiger partial charge in [0.15, 0.2) is 0 Å². The van der Waals surface area contributed by atoms with E-state index in [9.17, 15) is 0 Å². The Hall–Kier alpha value is -2.15. The van der Waals surface area contributed by atoms with Crippen LogP contribution in [0.5, 0.6) is 0 Å². The fourth-order valence-electron chi connectivity index (χ4n) is 4.01. The van der Waals surface area contributed by atoms with E-state index in [-0.39, 0.29) is 0 Å². The molecule has 0 radical (unpaired) electrons. The van der Waals surface area contributed by atoms with Crippen LogP contribution in [0, 0.1) is 0 Å². The highest BCUT2D eigenvalue weighted by atomic mass is 15.3. The Kier molecular flexibility index (Phi) is 4.80. The fraction of sp³-hybridized carbons (Fsp3) is 0.632. The van der Waals surface area contributed by atoms with Crippen LogP contribution in [-0.2, 0) is 19.4 Å². The molecule has 1 saturated heterocycles. The molecule has 4 rings (SSSR count). The topological polar surface area (TPSA) is 62.1 Å². The number of rotatable bonds is 5. The molecule has 7 nitrogen and oxygen atoms in total. The van der Waals surface area contributed by atoms with Gasteiger partial charge in [0, 0.05) is 57.2 Å². The Morgan fingerprint density at radius 2 is 1.92 bits per heavy atom. The third kappa shape index (κ3) is 3.28. The molecule has 0 aromatic carbocycles. The van der Waals surface area contributed by atoms with E-state index >= 15 is 0 Å². The number of anilines is 2. The molecule has 0 unspecified atom stereocenters. The quantitative estimate of drug-likeness (QED) is 0.886. The molecule has 1 fully saturated rings. The van der Waals surface area contributed by atoms with Gasteiger partial charge < -0.3 is 14.8 Å². The molecule has 2 aliphatic rings. The highest BCUT2D eigenvalue weighted by Crippen LogP contribution is 2.28. The molecular weight excluding hydrogens is 326 g/mol. The van der Waals surface area contributed by atoms with Gasteiger partial charge in [-0.1, -0.05) is 0 Å². The first-order chi connectivity index (χ1) is 12.7. The highest BCUT2D eigenvalue weighted by molar-refractivity contribution is 5.52. The van der Waals surface area contributed by atoms with E-state index in [0.29, 0.717) is 6.04 Å². The second-order valence-electron chi connectivity index (χ2n) is 7.51. The predicted molar refractivity (Wildman–Crippen MR) is 104 cm³/mol. The minimum absolute atomic E-state index is 0.452. The van der Waals surface area contributed by atoms with Crippen molar-refractivity contribution >= 4 is 11.8 Å². The Bertz CT molecular complexity index is 759. The van der Waals surface area contributed by atoms with E-state index in [0.717, 1.165) is 63.2 Å². The smallest absolute Gasteiger partial charge is 0.227 e. The summed E-state index contributed by atoms with van der Waals surface area (Å²) in [7, 11) is 1.96. The molecule has 0 spiro atoms. The summed E-state index contributed by atoms with van der Waals surface area (Å²) in [6.07, 6.45) is 7.36. The van der Waals surface area contributed by atoms with Crippen LogP contribution >= 0.6 is 0 Å². The molecule has 0 bridgehead atoms. The Balaban J connectivity index is 1.42. The zero-order valence-electron chi connectivity index (χ0n) is 16.1. The lowest BCUT2D eigenvalue weighted by atomic mass is 10.2. The molecule has 1 aliphatic heterocycles. The monoisotopic (exact) mass is 355 g/mol. The van der Waals surface area contributed by atoms with Crippen LogP contribution < -0.4 is 10.2 Å². The van der Waals surface area contributed by atoms with Gasteiger partial charge in [0.2, 0.25) is 5.95 Å². The molecule has 140 valence electrons. The lowest BCUT2D eigenvalue weighted by Crippen LogP contribution is -2.47. The van der Waals surface area contributed by atoms with E-state index in [1.54, 1.807) is 0 Å². The molecule has 26 heavy (non-hydrogen) atoms. The Morgan fingerprint density at radius 3 is 2.65 bits per heavy atom. The summed E-state index contributed by atoms with van der Waals surface area (Å²) >= 11 is 0. The number of fused-ring (bicyclic) bond motifs is 1. The van der Waals surface area contributed by atoms with Crippen molar-refractivity contribution in [3.63, 3.8) is 0 Å². The van der Waals surface area contributed by atoms with Crippen molar-refractivity contribution in [2.24, 2.45) is 0 Å². The number of imidazole rings is 1. The second-order valence-corrected chi connectivity index (χ2v) is 7.51. The molecule has 0 atom stereocenters. The molecule has 1 N–H and O–H groups in total. The number of nitrogens with one attached hydrogen (secondary N) is 1. The summed E-state index contributed by atoms with van der Waals surface area (Å²) in [5, 5.41) is 3.26. The Labute approximate surface area is 155 Å². The maximum absolute atomic E-state index is 4.86. The number of nitrogens with zero attached hydrogens (tertiary/aromatic N) is 6. The van der Waals surface area contributed by atoms with Gasteiger partial charge in [-0.05, 0) is 33.1 Å². The first-order valence-electron chi connectivity index (χ1n) is 9.72. The average Bonchev–Trinajstić information content (AvgIpc) is 3.30. The summed E-state index contributed by atoms with van der Waals surface area (Å²) in [4.78, 5) is 19.0. The number of aromatic nitrogens is 4. The van der Waals surface area contributed by atoms with E-state index in [1.807, 2.05) is 13.2 Å². The zero-order valence-corrected chi connectivity index (χ0v) is 16.1. The molecule has 1 aliphatic carbocycles. The van der Waals surface area contributed by atoms with Crippen LogP contribution in [-0.4, -0.2) is 57.6 Å². The van der Waals surface area contributed by atoms with Gasteiger partial charge in [-0.15, -0.1) is 0 Å². The lowest BCUT2D eigenvalue weighted by molar-refractivity contribution is 0.238. The first-order valence-corrected chi connectivity index (χ1v) is 9.72. The second kappa shape index (κ2) is 7.23. The zero-order chi connectivity index (χ0) is 18.1. The van der Waals surface area contributed by atoms with E-state index in [4.69, 9.17) is 9.97 Å². The minimum Gasteiger partial charge on any atom is -0.373 e. The summed E-state index contributed by atoms with van der Waals surface area (Å²) in [5.41, 5.74) is 2.55. The fourth-order valence-corrected chi connectivity index (χ4v) is 4.01. The molecule has 7 heteroatoms. The van der Waals surface area contributed by atoms with E-state index < -0.39 is 0 Å². The predicted octanol–water partition coefficient (Wildman–Crippen LogP) is 2.11. The number of hydrogen-bond donors (Lipinski definition) is 1. The third-order valence-electron chi connectivity index (χ3n) is 5.48. The van der Waals surface area contributed by atoms with Crippen LogP contribution in [0.25, 0.3) is 0 Å². The van der Waals surface area contributed by atoms with Gasteiger partial charge in [-0.3, -0.25) is 4.90 Å². The van der Waals surface area contributed by atoms with Crippen LogP contribution in [0.4, 0.5) is 11.8 Å². The maximum Gasteiger partial charge on any atom is 0.227 e. The van der Waals surface area contributed by atoms with Crippen molar-refractivity contribution < 1.29 is 0 Å². The molecule has 0 saturated carbocycles. The summed E-state index contributed by atoms with van der Waals surface area (Å²) in [6, 6.07) is 0.452. The van der Waals surface area contributed by atoms with Crippen molar-refractivity contribution in [3.8, 4) is 0 Å². The standard InChI is InChI=1S/C19H29N7/c1-14(2)26-8-7-21-17(26)13-24-9-11-25(12-10-24)19-22-16-6-4-5-15(16)18(20-3)23-19/h7-8,14H,4-6,9-13H2,1-3H3,(H,20,22,23). The van der Waals surface area contributed by atoms with Crippen molar-refractivity contribution in [1.29, 1.82) is 0 Å². The van der Waals surface area contributed by atoms with E-state index in [2.05, 4.69) is 44.7 Å². The average molecular weight is 355 g/mol. The summed E-state index contributed by atoms with van der Waals surface area (Å²) in [5.74, 6) is 3.06. The third-order valence-corrected chi connectivity index (χ3v) is 5.48. The van der Waals surface area contributed by atoms with Crippen molar-refractivity contribution in [3.05, 3.63) is 29.5 Å². The molecule has 0 amide bonds. The maximum atomic E-state index is 4.86. The molecule has 2 aromatic heterocycles. The minimum atomic E-state index is 0.452. The van der Waals surface area contributed by atoms with E-state index in [1.165, 1.54) is 17.7 Å². The summed E-state index contributed by atoms with van der Waals surface area (Å²) in [6.45, 7) is 9.27. The van der Waals surface area contributed by atoms with Crippen LogP contribution in [0.15, 0.2) is 12.4 Å². The highest BCUT2D eigenvalue weighted by Gasteiger charge is 2.24. The molecule has 2 aromatic rings. The van der Waals surface area contributed by atoms with Gasteiger partial charge in [-0.25, -0.2) is 9.97 Å². The lowest BCUT2D eigenvalue weighted by Gasteiger charge is -2.35. The van der Waals surface area contributed by atoms with Crippen molar-refractivity contribution in [2.45, 2.75) is 45.7 Å². The number of piperazine rings is 1. The molecular formula is C19H29N7. The molecule has 3 heterocycles. The van der Waals surface area contributed by atoms with Gasteiger partial charge in [0.1, 0.15) is 11.6 Å². The number of hydrogen-bond acceptors (Lipinski definition) is 6. The van der Waals surface area contributed by atoms with Gasteiger partial charge in [-0.2, -0.15) is 4.98 Å². The van der Waals surface area contributed by atoms with Crippen LogP contribution in [0.2, 0.25) is 0 Å². The first kappa shape index (κ1) is 17.3. The largest absolute Gasteiger partial charge is 0.373 e. The SMILES string of the molecule is CNc1nc(N2CCN(Cc3nccn3C(C)C)CC2)nc2c1CCC2.